The third-order valence-corrected chi connectivity index (χ3v) is 3.63. The molecule has 1 fully saturated rings. The van der Waals surface area contributed by atoms with Crippen LogP contribution >= 0.6 is 11.8 Å². The van der Waals surface area contributed by atoms with Crippen LogP contribution in [0.1, 0.15) is 20.3 Å². The Bertz CT molecular complexity index is 287. The molecule has 0 aromatic heterocycles. The molecule has 1 amide bonds. The van der Waals surface area contributed by atoms with Crippen LogP contribution in [0.5, 0.6) is 0 Å². The van der Waals surface area contributed by atoms with E-state index in [1.165, 1.54) is 0 Å². The van der Waals surface area contributed by atoms with Crippen LogP contribution in [0.2, 0.25) is 0 Å². The van der Waals surface area contributed by atoms with Gasteiger partial charge in [-0.3, -0.25) is 4.79 Å². The maximum atomic E-state index is 12.0. The number of hydrogen-bond donors (Lipinski definition) is 1. The van der Waals surface area contributed by atoms with E-state index in [4.69, 9.17) is 11.0 Å². The van der Waals surface area contributed by atoms with Gasteiger partial charge in [-0.05, 0) is 12.3 Å². The Labute approximate surface area is 101 Å². The van der Waals surface area contributed by atoms with E-state index in [1.54, 1.807) is 16.7 Å². The van der Waals surface area contributed by atoms with Crippen molar-refractivity contribution in [2.45, 2.75) is 32.4 Å². The molecule has 0 spiro atoms. The molecule has 0 saturated carbocycles. The van der Waals surface area contributed by atoms with Crippen molar-refractivity contribution >= 4 is 17.7 Å². The van der Waals surface area contributed by atoms with Gasteiger partial charge in [0.1, 0.15) is 6.04 Å². The number of nitriles is 1. The van der Waals surface area contributed by atoms with Crippen LogP contribution in [0.25, 0.3) is 0 Å². The van der Waals surface area contributed by atoms with Gasteiger partial charge in [0.05, 0.1) is 12.1 Å². The van der Waals surface area contributed by atoms with Crippen molar-refractivity contribution in [3.8, 4) is 6.07 Å². The van der Waals surface area contributed by atoms with E-state index in [0.29, 0.717) is 24.6 Å². The molecule has 4 nitrogen and oxygen atoms in total. The van der Waals surface area contributed by atoms with Crippen molar-refractivity contribution < 1.29 is 4.79 Å². The van der Waals surface area contributed by atoms with E-state index in [0.717, 1.165) is 5.75 Å². The minimum Gasteiger partial charge on any atom is -0.324 e. The van der Waals surface area contributed by atoms with E-state index in [1.807, 2.05) is 13.8 Å². The number of rotatable bonds is 3. The van der Waals surface area contributed by atoms with Gasteiger partial charge in [-0.2, -0.15) is 17.0 Å². The summed E-state index contributed by atoms with van der Waals surface area (Å²) in [6.07, 6.45) is 0.681. The molecule has 16 heavy (non-hydrogen) atoms. The molecule has 0 aromatic carbocycles. The predicted octanol–water partition coefficient (Wildman–Crippen LogP) is 0.827. The summed E-state index contributed by atoms with van der Waals surface area (Å²) in [6.45, 7) is 4.73. The number of amides is 1. The topological polar surface area (TPSA) is 70.1 Å². The molecular formula is C11H19N3OS. The molecule has 0 unspecified atom stereocenters. The van der Waals surface area contributed by atoms with E-state index < -0.39 is 6.04 Å². The molecule has 90 valence electrons. The van der Waals surface area contributed by atoms with Crippen LogP contribution in [0.15, 0.2) is 0 Å². The Morgan fingerprint density at radius 3 is 2.94 bits per heavy atom. The Hall–Kier alpha value is -0.730. The van der Waals surface area contributed by atoms with Gasteiger partial charge in [-0.15, -0.1) is 0 Å². The second kappa shape index (κ2) is 6.12. The molecule has 0 aliphatic carbocycles. The van der Waals surface area contributed by atoms with E-state index in [9.17, 15) is 4.79 Å². The van der Waals surface area contributed by atoms with E-state index in [-0.39, 0.29) is 11.9 Å². The molecule has 1 aliphatic heterocycles. The average molecular weight is 241 g/mol. The highest BCUT2D eigenvalue weighted by Crippen LogP contribution is 2.17. The fraction of sp³-hybridized carbons (Fsp3) is 0.818. The van der Waals surface area contributed by atoms with Gasteiger partial charge in [-0.25, -0.2) is 0 Å². The molecule has 0 aromatic rings. The highest BCUT2D eigenvalue weighted by molar-refractivity contribution is 7.99. The zero-order valence-corrected chi connectivity index (χ0v) is 10.7. The number of carbonyl (C=O) groups excluding carboxylic acids is 1. The fourth-order valence-electron chi connectivity index (χ4n) is 1.80. The summed E-state index contributed by atoms with van der Waals surface area (Å²) in [4.78, 5) is 13.7. The molecule has 1 aliphatic rings. The van der Waals surface area contributed by atoms with Crippen molar-refractivity contribution in [1.29, 1.82) is 5.26 Å². The zero-order chi connectivity index (χ0) is 12.1. The summed E-state index contributed by atoms with van der Waals surface area (Å²) < 4.78 is 0. The first-order valence-electron chi connectivity index (χ1n) is 5.59. The average Bonchev–Trinajstić information content (AvgIpc) is 2.27. The van der Waals surface area contributed by atoms with Crippen LogP contribution in [0, 0.1) is 17.2 Å². The highest BCUT2D eigenvalue weighted by atomic mass is 32.2. The van der Waals surface area contributed by atoms with Gasteiger partial charge < -0.3 is 10.6 Å². The molecule has 1 heterocycles. The molecule has 5 heteroatoms. The molecule has 1 saturated heterocycles. The summed E-state index contributed by atoms with van der Waals surface area (Å²) in [5, 5.41) is 8.98. The third-order valence-electron chi connectivity index (χ3n) is 2.60. The summed E-state index contributed by atoms with van der Waals surface area (Å²) in [7, 11) is 0. The van der Waals surface area contributed by atoms with Gasteiger partial charge in [-0.1, -0.05) is 13.8 Å². The number of hydrogen-bond acceptors (Lipinski definition) is 4. The quantitative estimate of drug-likeness (QED) is 0.794. The van der Waals surface area contributed by atoms with Gasteiger partial charge in [0, 0.05) is 18.1 Å². The monoisotopic (exact) mass is 241 g/mol. The zero-order valence-electron chi connectivity index (χ0n) is 9.85. The lowest BCUT2D eigenvalue weighted by molar-refractivity contribution is -0.133. The van der Waals surface area contributed by atoms with E-state index in [2.05, 4.69) is 6.07 Å². The molecule has 1 rings (SSSR count). The Balaban J connectivity index is 2.60. The van der Waals surface area contributed by atoms with E-state index >= 15 is 0 Å². The van der Waals surface area contributed by atoms with Crippen LogP contribution in [0.4, 0.5) is 0 Å². The fourth-order valence-corrected chi connectivity index (χ4v) is 2.77. The van der Waals surface area contributed by atoms with Crippen LogP contribution < -0.4 is 5.73 Å². The predicted molar refractivity (Wildman–Crippen MR) is 65.9 cm³/mol. The first kappa shape index (κ1) is 13.3. The Kier molecular flexibility index (Phi) is 5.10. The first-order chi connectivity index (χ1) is 7.56. The van der Waals surface area contributed by atoms with Gasteiger partial charge in [0.25, 0.3) is 0 Å². The second-order valence-corrected chi connectivity index (χ2v) is 5.64. The van der Waals surface area contributed by atoms with Gasteiger partial charge in [0.15, 0.2) is 0 Å². The Morgan fingerprint density at radius 1 is 1.69 bits per heavy atom. The lowest BCUT2D eigenvalue weighted by atomic mass is 10.0. The summed E-state index contributed by atoms with van der Waals surface area (Å²) in [5.74, 6) is 1.94. The Morgan fingerprint density at radius 2 is 2.38 bits per heavy atom. The van der Waals surface area contributed by atoms with Crippen molar-refractivity contribution in [3.63, 3.8) is 0 Å². The van der Waals surface area contributed by atoms with Crippen molar-refractivity contribution in [2.75, 3.05) is 18.1 Å². The first-order valence-corrected chi connectivity index (χ1v) is 6.75. The van der Waals surface area contributed by atoms with Crippen LogP contribution in [0.3, 0.4) is 0 Å². The lowest BCUT2D eigenvalue weighted by Crippen LogP contribution is -2.52. The number of thioether (sulfide) groups is 1. The molecule has 2 N–H and O–H groups in total. The minimum atomic E-state index is -0.459. The molecule has 0 radical (unpaired) electrons. The smallest absolute Gasteiger partial charge is 0.240 e. The van der Waals surface area contributed by atoms with Crippen molar-refractivity contribution in [1.82, 2.24) is 4.90 Å². The van der Waals surface area contributed by atoms with Gasteiger partial charge in [0.2, 0.25) is 5.91 Å². The number of carbonyl (C=O) groups is 1. The maximum absolute atomic E-state index is 12.0. The summed E-state index contributed by atoms with van der Waals surface area (Å²) in [5.41, 5.74) is 5.86. The minimum absolute atomic E-state index is 0.0689. The number of nitrogens with two attached hydrogens (primary N) is 1. The maximum Gasteiger partial charge on any atom is 0.240 e. The van der Waals surface area contributed by atoms with Crippen LogP contribution in [-0.2, 0) is 4.79 Å². The molecule has 2 atom stereocenters. The van der Waals surface area contributed by atoms with Crippen molar-refractivity contribution in [2.24, 2.45) is 11.7 Å². The molecule has 0 bridgehead atoms. The third kappa shape index (κ3) is 3.39. The van der Waals surface area contributed by atoms with Gasteiger partial charge >= 0.3 is 0 Å². The summed E-state index contributed by atoms with van der Waals surface area (Å²) >= 11 is 1.72. The normalized spacial score (nSPS) is 22.9. The number of nitrogens with zero attached hydrogens (tertiary/aromatic N) is 2. The van der Waals surface area contributed by atoms with Crippen molar-refractivity contribution in [3.05, 3.63) is 0 Å². The second-order valence-electron chi connectivity index (χ2n) is 4.49. The highest BCUT2D eigenvalue weighted by Gasteiger charge is 2.30. The largest absolute Gasteiger partial charge is 0.324 e. The standard InChI is InChI=1S/C11H19N3OS/c1-8(2)5-10(13)11(15)14-3-4-16-7-9(14)6-12/h8-10H,3-5,7,13H2,1-2H3/t9-,10-/m1/s1. The van der Waals surface area contributed by atoms with Crippen LogP contribution in [-0.4, -0.2) is 40.9 Å². The lowest BCUT2D eigenvalue weighted by Gasteiger charge is -2.33. The SMILES string of the molecule is CC(C)C[C@@H](N)C(=O)N1CCSC[C@H]1C#N. The molecular weight excluding hydrogens is 222 g/mol. The summed E-state index contributed by atoms with van der Waals surface area (Å²) in [6, 6.07) is 1.41.